The van der Waals surface area contributed by atoms with Crippen LogP contribution in [0.4, 0.5) is 0 Å². The summed E-state index contributed by atoms with van der Waals surface area (Å²) >= 11 is 3.59. The van der Waals surface area contributed by atoms with Gasteiger partial charge in [0.1, 0.15) is 5.75 Å². The minimum absolute atomic E-state index is 0.430. The van der Waals surface area contributed by atoms with Crippen LogP contribution in [-0.2, 0) is 9.78 Å². The summed E-state index contributed by atoms with van der Waals surface area (Å²) in [6.45, 7) is 5.21. The molecule has 0 bridgehead atoms. The van der Waals surface area contributed by atoms with Crippen LogP contribution in [0.15, 0.2) is 58.3 Å². The summed E-state index contributed by atoms with van der Waals surface area (Å²) in [6, 6.07) is 7.03. The molecule has 38 heavy (non-hydrogen) atoms. The van der Waals surface area contributed by atoms with Gasteiger partial charge in [-0.3, -0.25) is 4.89 Å². The van der Waals surface area contributed by atoms with Gasteiger partial charge in [-0.2, -0.15) is 0 Å². The normalized spacial score (nSPS) is 20.6. The zero-order chi connectivity index (χ0) is 27.0. The van der Waals surface area contributed by atoms with E-state index >= 15 is 0 Å². The fraction of sp³-hybridized carbons (Fsp3) is 0.606. The highest BCUT2D eigenvalue weighted by Gasteiger charge is 2.21. The highest BCUT2D eigenvalue weighted by molar-refractivity contribution is 9.12. The SMILES string of the molecule is CCCCCCCCOc1ccc(C(=O)OOC2=CCC(=C[C@H]3CC[C@H](CCCCC)CC3)C=C2Br)cc1. The van der Waals surface area contributed by atoms with E-state index in [0.717, 1.165) is 29.0 Å². The lowest BCUT2D eigenvalue weighted by Gasteiger charge is -2.27. The largest absolute Gasteiger partial charge is 0.494 e. The second-order valence-corrected chi connectivity index (χ2v) is 11.7. The van der Waals surface area contributed by atoms with Gasteiger partial charge in [0.25, 0.3) is 0 Å². The first kappa shape index (κ1) is 30.5. The van der Waals surface area contributed by atoms with E-state index in [2.05, 4.69) is 41.9 Å². The molecule has 0 aliphatic heterocycles. The summed E-state index contributed by atoms with van der Waals surface area (Å²) in [5, 5.41) is 0. The molecule has 210 valence electrons. The van der Waals surface area contributed by atoms with Gasteiger partial charge in [-0.05, 0) is 108 Å². The predicted molar refractivity (Wildman–Crippen MR) is 159 cm³/mol. The monoisotopic (exact) mass is 586 g/mol. The van der Waals surface area contributed by atoms with Crippen molar-refractivity contribution in [2.45, 2.75) is 110 Å². The molecule has 1 saturated carbocycles. The van der Waals surface area contributed by atoms with Gasteiger partial charge in [0, 0.05) is 0 Å². The van der Waals surface area contributed by atoms with Gasteiger partial charge in [0.05, 0.1) is 16.7 Å². The molecule has 0 aromatic heterocycles. The number of ether oxygens (including phenoxy) is 1. The van der Waals surface area contributed by atoms with Gasteiger partial charge in [0.2, 0.25) is 0 Å². The molecule has 0 heterocycles. The summed E-state index contributed by atoms with van der Waals surface area (Å²) in [5.41, 5.74) is 1.72. The Bertz CT molecular complexity index is 923. The minimum atomic E-state index is -0.522. The van der Waals surface area contributed by atoms with Crippen molar-refractivity contribution in [3.8, 4) is 5.75 Å². The summed E-state index contributed by atoms with van der Waals surface area (Å²) in [5.74, 6) is 2.37. The fourth-order valence-corrected chi connectivity index (χ4v) is 5.83. The Balaban J connectivity index is 1.36. The van der Waals surface area contributed by atoms with Crippen LogP contribution < -0.4 is 4.74 Å². The van der Waals surface area contributed by atoms with Crippen LogP contribution in [0.3, 0.4) is 0 Å². The maximum absolute atomic E-state index is 12.5. The highest BCUT2D eigenvalue weighted by atomic mass is 79.9. The molecule has 0 amide bonds. The van der Waals surface area contributed by atoms with Crippen LogP contribution in [0.1, 0.15) is 121 Å². The van der Waals surface area contributed by atoms with Crippen molar-refractivity contribution in [1.82, 2.24) is 0 Å². The van der Waals surface area contributed by atoms with Crippen LogP contribution in [0.25, 0.3) is 0 Å². The molecule has 0 unspecified atom stereocenters. The van der Waals surface area contributed by atoms with E-state index in [9.17, 15) is 4.79 Å². The number of hydrogen-bond acceptors (Lipinski definition) is 4. The zero-order valence-corrected chi connectivity index (χ0v) is 25.1. The lowest BCUT2D eigenvalue weighted by Crippen LogP contribution is -2.13. The van der Waals surface area contributed by atoms with Crippen molar-refractivity contribution in [3.63, 3.8) is 0 Å². The van der Waals surface area contributed by atoms with Crippen molar-refractivity contribution < 1.29 is 19.3 Å². The third kappa shape index (κ3) is 11.0. The Morgan fingerprint density at radius 1 is 0.921 bits per heavy atom. The summed E-state index contributed by atoms with van der Waals surface area (Å²) in [4.78, 5) is 23.0. The van der Waals surface area contributed by atoms with E-state index in [1.165, 1.54) is 89.0 Å². The Kier molecular flexibility index (Phi) is 14.1. The van der Waals surface area contributed by atoms with Crippen LogP contribution in [0, 0.1) is 11.8 Å². The maximum atomic E-state index is 12.5. The third-order valence-corrected chi connectivity index (χ3v) is 8.31. The summed E-state index contributed by atoms with van der Waals surface area (Å²) in [7, 11) is 0. The number of unbranched alkanes of at least 4 members (excludes halogenated alkanes) is 7. The van der Waals surface area contributed by atoms with Gasteiger partial charge in [-0.15, -0.1) is 0 Å². The molecular formula is C33H47BrO4. The number of halogens is 1. The van der Waals surface area contributed by atoms with E-state index in [-0.39, 0.29) is 0 Å². The number of carbonyl (C=O) groups is 1. The van der Waals surface area contributed by atoms with Gasteiger partial charge in [-0.1, -0.05) is 77.7 Å². The molecule has 0 radical (unpaired) electrons. The van der Waals surface area contributed by atoms with E-state index in [0.29, 0.717) is 23.8 Å². The van der Waals surface area contributed by atoms with Crippen molar-refractivity contribution in [1.29, 1.82) is 0 Å². The quantitative estimate of drug-likeness (QED) is 0.110. The standard InChI is InChI=1S/C33H47BrO4/c1-3-5-7-8-9-11-23-36-30-20-18-29(19-21-30)33(35)38-37-32-22-17-28(25-31(32)34)24-27-15-13-26(14-16-27)12-10-6-4-2/h18-22,24-27H,3-17,23H2,1-2H3/t26-,27-. The Morgan fingerprint density at radius 3 is 2.32 bits per heavy atom. The summed E-state index contributed by atoms with van der Waals surface area (Å²) in [6.07, 6.45) is 25.4. The van der Waals surface area contributed by atoms with E-state index in [1.807, 2.05) is 6.08 Å². The molecule has 0 N–H and O–H groups in total. The molecule has 5 heteroatoms. The van der Waals surface area contributed by atoms with Gasteiger partial charge >= 0.3 is 5.97 Å². The van der Waals surface area contributed by atoms with Gasteiger partial charge < -0.3 is 4.74 Å². The molecule has 1 aromatic carbocycles. The second kappa shape index (κ2) is 17.6. The number of allylic oxidation sites excluding steroid dienone is 5. The van der Waals surface area contributed by atoms with Crippen LogP contribution >= 0.6 is 15.9 Å². The van der Waals surface area contributed by atoms with Crippen LogP contribution in [0.5, 0.6) is 5.75 Å². The van der Waals surface area contributed by atoms with E-state index < -0.39 is 5.97 Å². The van der Waals surface area contributed by atoms with E-state index in [4.69, 9.17) is 14.5 Å². The predicted octanol–water partition coefficient (Wildman–Crippen LogP) is 10.4. The van der Waals surface area contributed by atoms with Crippen LogP contribution in [-0.4, -0.2) is 12.6 Å². The molecule has 4 nitrogen and oxygen atoms in total. The topological polar surface area (TPSA) is 44.8 Å². The Morgan fingerprint density at radius 2 is 1.61 bits per heavy atom. The Hall–Kier alpha value is -2.01. The van der Waals surface area contributed by atoms with Crippen LogP contribution in [0.2, 0.25) is 0 Å². The third-order valence-electron chi connectivity index (χ3n) is 7.69. The number of hydrogen-bond donors (Lipinski definition) is 0. The zero-order valence-electron chi connectivity index (χ0n) is 23.5. The molecular weight excluding hydrogens is 540 g/mol. The molecule has 3 rings (SSSR count). The number of carbonyl (C=O) groups excluding carboxylic acids is 1. The summed E-state index contributed by atoms with van der Waals surface area (Å²) < 4.78 is 6.59. The molecule has 1 aromatic rings. The van der Waals surface area contributed by atoms with Gasteiger partial charge in [-0.25, -0.2) is 9.68 Å². The average Bonchev–Trinajstić information content (AvgIpc) is 2.93. The van der Waals surface area contributed by atoms with Crippen molar-refractivity contribution in [3.05, 3.63) is 63.9 Å². The first-order valence-corrected chi connectivity index (χ1v) is 15.8. The number of rotatable bonds is 16. The first-order valence-electron chi connectivity index (χ1n) is 15.0. The lowest BCUT2D eigenvalue weighted by molar-refractivity contribution is -0.202. The van der Waals surface area contributed by atoms with Gasteiger partial charge in [0.15, 0.2) is 5.76 Å². The second-order valence-electron chi connectivity index (χ2n) is 10.9. The molecule has 1 fully saturated rings. The first-order chi connectivity index (χ1) is 18.6. The van der Waals surface area contributed by atoms with E-state index in [1.54, 1.807) is 24.3 Å². The number of benzene rings is 1. The highest BCUT2D eigenvalue weighted by Crippen LogP contribution is 2.35. The van der Waals surface area contributed by atoms with Crippen molar-refractivity contribution in [2.75, 3.05) is 6.61 Å². The minimum Gasteiger partial charge on any atom is -0.494 e. The maximum Gasteiger partial charge on any atom is 0.386 e. The molecule has 2 aliphatic rings. The van der Waals surface area contributed by atoms with Crippen molar-refractivity contribution >= 4 is 21.9 Å². The van der Waals surface area contributed by atoms with Crippen molar-refractivity contribution in [2.24, 2.45) is 11.8 Å². The fourth-order valence-electron chi connectivity index (χ4n) is 5.31. The Labute approximate surface area is 239 Å². The average molecular weight is 588 g/mol. The molecule has 2 aliphatic carbocycles. The lowest BCUT2D eigenvalue weighted by atomic mass is 9.79. The molecule has 0 spiro atoms. The molecule has 0 saturated heterocycles. The molecule has 0 atom stereocenters. The smallest absolute Gasteiger partial charge is 0.386 e.